The smallest absolute Gasteiger partial charge is 0.0368 e. The monoisotopic (exact) mass is 178 g/mol. The van der Waals surface area contributed by atoms with Crippen LogP contribution in [0.5, 0.6) is 0 Å². The van der Waals surface area contributed by atoms with Crippen LogP contribution in [0.2, 0.25) is 0 Å². The van der Waals surface area contributed by atoms with Crippen LogP contribution in [0.1, 0.15) is 13.8 Å². The van der Waals surface area contributed by atoms with Gasteiger partial charge in [0.25, 0.3) is 0 Å². The van der Waals surface area contributed by atoms with E-state index in [9.17, 15) is 0 Å². The van der Waals surface area contributed by atoms with E-state index in [1.165, 1.54) is 5.69 Å². The van der Waals surface area contributed by atoms with Crippen molar-refractivity contribution in [2.24, 2.45) is 5.73 Å². The van der Waals surface area contributed by atoms with Gasteiger partial charge in [-0.1, -0.05) is 18.2 Å². The standard InChI is InChI=1S/C11H18N2/c1-10(2)13(9-8-12)11-6-4-3-5-7-11/h3-7,10H,8-9,12H2,1-2H3. The van der Waals surface area contributed by atoms with Crippen molar-refractivity contribution >= 4 is 5.69 Å². The molecule has 0 saturated heterocycles. The Bertz CT molecular complexity index is 231. The van der Waals surface area contributed by atoms with E-state index in [-0.39, 0.29) is 0 Å². The molecular formula is C11H18N2. The quantitative estimate of drug-likeness (QED) is 0.762. The van der Waals surface area contributed by atoms with E-state index in [1.54, 1.807) is 0 Å². The van der Waals surface area contributed by atoms with Gasteiger partial charge in [0.1, 0.15) is 0 Å². The molecule has 1 aromatic rings. The first kappa shape index (κ1) is 10.1. The zero-order valence-corrected chi connectivity index (χ0v) is 8.40. The van der Waals surface area contributed by atoms with Gasteiger partial charge in [0.05, 0.1) is 0 Å². The molecule has 0 aliphatic heterocycles. The lowest BCUT2D eigenvalue weighted by Crippen LogP contribution is -2.35. The molecule has 72 valence electrons. The molecule has 0 amide bonds. The van der Waals surface area contributed by atoms with Gasteiger partial charge in [0.15, 0.2) is 0 Å². The van der Waals surface area contributed by atoms with E-state index in [0.717, 1.165) is 6.54 Å². The topological polar surface area (TPSA) is 29.3 Å². The lowest BCUT2D eigenvalue weighted by Gasteiger charge is -2.28. The average Bonchev–Trinajstić information content (AvgIpc) is 2.15. The zero-order valence-electron chi connectivity index (χ0n) is 8.40. The Morgan fingerprint density at radius 1 is 1.23 bits per heavy atom. The summed E-state index contributed by atoms with van der Waals surface area (Å²) >= 11 is 0. The maximum atomic E-state index is 5.56. The van der Waals surface area contributed by atoms with E-state index in [4.69, 9.17) is 5.73 Å². The highest BCUT2D eigenvalue weighted by Gasteiger charge is 2.07. The highest BCUT2D eigenvalue weighted by Crippen LogP contribution is 2.15. The van der Waals surface area contributed by atoms with Crippen molar-refractivity contribution < 1.29 is 0 Å². The molecule has 0 atom stereocenters. The van der Waals surface area contributed by atoms with Gasteiger partial charge in [0, 0.05) is 24.8 Å². The highest BCUT2D eigenvalue weighted by molar-refractivity contribution is 5.46. The molecular weight excluding hydrogens is 160 g/mol. The lowest BCUT2D eigenvalue weighted by atomic mass is 10.2. The van der Waals surface area contributed by atoms with Crippen molar-refractivity contribution in [2.75, 3.05) is 18.0 Å². The van der Waals surface area contributed by atoms with E-state index in [0.29, 0.717) is 12.6 Å². The summed E-state index contributed by atoms with van der Waals surface area (Å²) in [7, 11) is 0. The Kier molecular flexibility index (Phi) is 3.77. The summed E-state index contributed by atoms with van der Waals surface area (Å²) in [5.41, 5.74) is 6.82. The van der Waals surface area contributed by atoms with Crippen LogP contribution < -0.4 is 10.6 Å². The summed E-state index contributed by atoms with van der Waals surface area (Å²) in [6.45, 7) is 5.99. The van der Waals surface area contributed by atoms with Gasteiger partial charge < -0.3 is 10.6 Å². The second kappa shape index (κ2) is 4.87. The summed E-state index contributed by atoms with van der Waals surface area (Å²) < 4.78 is 0. The van der Waals surface area contributed by atoms with E-state index in [2.05, 4.69) is 43.0 Å². The Morgan fingerprint density at radius 2 is 1.85 bits per heavy atom. The molecule has 2 nitrogen and oxygen atoms in total. The van der Waals surface area contributed by atoms with E-state index in [1.807, 2.05) is 6.07 Å². The van der Waals surface area contributed by atoms with Crippen molar-refractivity contribution in [3.63, 3.8) is 0 Å². The van der Waals surface area contributed by atoms with Crippen LogP contribution in [-0.2, 0) is 0 Å². The fraction of sp³-hybridized carbons (Fsp3) is 0.455. The molecule has 2 N–H and O–H groups in total. The molecule has 0 radical (unpaired) electrons. The van der Waals surface area contributed by atoms with Crippen molar-refractivity contribution in [1.82, 2.24) is 0 Å². The molecule has 0 bridgehead atoms. The van der Waals surface area contributed by atoms with Crippen LogP contribution in [0.4, 0.5) is 5.69 Å². The molecule has 13 heavy (non-hydrogen) atoms. The minimum Gasteiger partial charge on any atom is -0.368 e. The SMILES string of the molecule is CC(C)N(CCN)c1ccccc1. The molecule has 0 spiro atoms. The Hall–Kier alpha value is -1.02. The molecule has 0 fully saturated rings. The zero-order chi connectivity index (χ0) is 9.68. The van der Waals surface area contributed by atoms with Crippen LogP contribution >= 0.6 is 0 Å². The van der Waals surface area contributed by atoms with Gasteiger partial charge in [-0.2, -0.15) is 0 Å². The van der Waals surface area contributed by atoms with Crippen LogP contribution in [0.25, 0.3) is 0 Å². The first-order valence-electron chi connectivity index (χ1n) is 4.77. The highest BCUT2D eigenvalue weighted by atomic mass is 15.2. The minimum absolute atomic E-state index is 0.506. The number of hydrogen-bond donors (Lipinski definition) is 1. The molecule has 0 unspecified atom stereocenters. The molecule has 0 aliphatic carbocycles. The third-order valence-corrected chi connectivity index (χ3v) is 2.08. The van der Waals surface area contributed by atoms with Crippen LogP contribution in [0.15, 0.2) is 30.3 Å². The fourth-order valence-electron chi connectivity index (χ4n) is 1.44. The Labute approximate surface area is 80.4 Å². The number of benzene rings is 1. The maximum absolute atomic E-state index is 5.56. The number of anilines is 1. The first-order chi connectivity index (χ1) is 6.25. The molecule has 0 saturated carbocycles. The summed E-state index contributed by atoms with van der Waals surface area (Å²) in [5, 5.41) is 0. The normalized spacial score (nSPS) is 10.5. The Balaban J connectivity index is 2.76. The number of nitrogens with two attached hydrogens (primary N) is 1. The predicted octanol–water partition coefficient (Wildman–Crippen LogP) is 1.86. The molecule has 0 heterocycles. The summed E-state index contributed by atoms with van der Waals surface area (Å²) in [6.07, 6.45) is 0. The van der Waals surface area contributed by atoms with E-state index >= 15 is 0 Å². The second-order valence-corrected chi connectivity index (χ2v) is 3.41. The third-order valence-electron chi connectivity index (χ3n) is 2.08. The predicted molar refractivity (Wildman–Crippen MR) is 58.0 cm³/mol. The minimum atomic E-state index is 0.506. The maximum Gasteiger partial charge on any atom is 0.0368 e. The molecule has 2 heteroatoms. The summed E-state index contributed by atoms with van der Waals surface area (Å²) in [5.74, 6) is 0. The van der Waals surface area contributed by atoms with Gasteiger partial charge in [-0.15, -0.1) is 0 Å². The van der Waals surface area contributed by atoms with Gasteiger partial charge in [0.2, 0.25) is 0 Å². The summed E-state index contributed by atoms with van der Waals surface area (Å²) in [6, 6.07) is 10.9. The molecule has 1 aromatic carbocycles. The van der Waals surface area contributed by atoms with Crippen molar-refractivity contribution in [2.45, 2.75) is 19.9 Å². The van der Waals surface area contributed by atoms with Gasteiger partial charge >= 0.3 is 0 Å². The van der Waals surface area contributed by atoms with Crippen molar-refractivity contribution in [3.8, 4) is 0 Å². The van der Waals surface area contributed by atoms with Crippen LogP contribution in [-0.4, -0.2) is 19.1 Å². The largest absolute Gasteiger partial charge is 0.368 e. The van der Waals surface area contributed by atoms with Gasteiger partial charge in [-0.05, 0) is 26.0 Å². The van der Waals surface area contributed by atoms with Crippen LogP contribution in [0.3, 0.4) is 0 Å². The lowest BCUT2D eigenvalue weighted by molar-refractivity contribution is 0.684. The number of rotatable bonds is 4. The Morgan fingerprint density at radius 3 is 2.31 bits per heavy atom. The van der Waals surface area contributed by atoms with Crippen molar-refractivity contribution in [3.05, 3.63) is 30.3 Å². The molecule has 0 aromatic heterocycles. The first-order valence-corrected chi connectivity index (χ1v) is 4.77. The number of para-hydroxylation sites is 1. The molecule has 1 rings (SSSR count). The fourth-order valence-corrected chi connectivity index (χ4v) is 1.44. The van der Waals surface area contributed by atoms with E-state index < -0.39 is 0 Å². The number of nitrogens with zero attached hydrogens (tertiary/aromatic N) is 1. The second-order valence-electron chi connectivity index (χ2n) is 3.41. The van der Waals surface area contributed by atoms with Gasteiger partial charge in [-0.25, -0.2) is 0 Å². The number of hydrogen-bond acceptors (Lipinski definition) is 2. The average molecular weight is 178 g/mol. The van der Waals surface area contributed by atoms with Crippen molar-refractivity contribution in [1.29, 1.82) is 0 Å². The van der Waals surface area contributed by atoms with Gasteiger partial charge in [-0.3, -0.25) is 0 Å². The third kappa shape index (κ3) is 2.74. The molecule has 0 aliphatic rings. The summed E-state index contributed by atoms with van der Waals surface area (Å²) in [4.78, 5) is 2.31. The van der Waals surface area contributed by atoms with Crippen LogP contribution in [0, 0.1) is 0 Å².